The van der Waals surface area contributed by atoms with E-state index < -0.39 is 0 Å². The fourth-order valence-corrected chi connectivity index (χ4v) is 3.90. The van der Waals surface area contributed by atoms with Crippen molar-refractivity contribution in [2.24, 2.45) is 0 Å². The van der Waals surface area contributed by atoms with Gasteiger partial charge in [-0.2, -0.15) is 5.26 Å². The van der Waals surface area contributed by atoms with E-state index in [1.807, 2.05) is 12.1 Å². The predicted molar refractivity (Wildman–Crippen MR) is 81.7 cm³/mol. The minimum atomic E-state index is 0.260. The van der Waals surface area contributed by atoms with Crippen molar-refractivity contribution < 1.29 is 4.74 Å². The van der Waals surface area contributed by atoms with Gasteiger partial charge in [0, 0.05) is 10.9 Å². The number of nitrogens with one attached hydrogen (secondary N) is 1. The number of ether oxygens (including phenoxy) is 1. The third kappa shape index (κ3) is 2.35. The number of methoxy groups -OCH3 is 1. The van der Waals surface area contributed by atoms with Gasteiger partial charge in [0.2, 0.25) is 0 Å². The molecule has 0 fully saturated rings. The highest BCUT2D eigenvalue weighted by Crippen LogP contribution is 2.42. The first kappa shape index (κ1) is 13.3. The molecule has 1 aromatic heterocycles. The number of nitriles is 1. The molecule has 5 heteroatoms. The molecule has 1 aromatic carbocycles. The van der Waals surface area contributed by atoms with Crippen molar-refractivity contribution >= 4 is 28.6 Å². The summed E-state index contributed by atoms with van der Waals surface area (Å²) in [4.78, 5) is 1.36. The zero-order valence-corrected chi connectivity index (χ0v) is 12.5. The summed E-state index contributed by atoms with van der Waals surface area (Å²) in [6.45, 7) is 0. The van der Waals surface area contributed by atoms with Crippen molar-refractivity contribution in [3.8, 4) is 11.8 Å². The Labute approximate surface area is 126 Å². The molecule has 3 rings (SSSR count). The maximum atomic E-state index is 8.93. The number of fused-ring (bicyclic) bond motifs is 1. The molecule has 0 aliphatic heterocycles. The van der Waals surface area contributed by atoms with Crippen LogP contribution in [0.25, 0.3) is 0 Å². The molecule has 0 radical (unpaired) electrons. The largest absolute Gasteiger partial charge is 0.495 e. The molecule has 1 atom stereocenters. The first-order valence-electron chi connectivity index (χ1n) is 6.34. The van der Waals surface area contributed by atoms with Crippen LogP contribution < -0.4 is 10.1 Å². The van der Waals surface area contributed by atoms with E-state index in [4.69, 9.17) is 21.6 Å². The van der Waals surface area contributed by atoms with Crippen LogP contribution in [-0.4, -0.2) is 7.11 Å². The monoisotopic (exact) mass is 304 g/mol. The van der Waals surface area contributed by atoms with Crippen LogP contribution in [0.15, 0.2) is 24.3 Å². The second-order valence-corrected chi connectivity index (χ2v) is 6.46. The number of hydrogen-bond donors (Lipinski definition) is 1. The van der Waals surface area contributed by atoms with Crippen molar-refractivity contribution in [3.05, 3.63) is 44.6 Å². The lowest BCUT2D eigenvalue weighted by Gasteiger charge is -2.17. The normalized spacial score (nSPS) is 16.6. The van der Waals surface area contributed by atoms with E-state index in [9.17, 15) is 0 Å². The summed E-state index contributed by atoms with van der Waals surface area (Å²) in [6.07, 6.45) is 2.12. The Hall–Kier alpha value is -1.70. The molecule has 1 heterocycles. The van der Waals surface area contributed by atoms with Gasteiger partial charge in [-0.1, -0.05) is 11.6 Å². The summed E-state index contributed by atoms with van der Waals surface area (Å²) < 4.78 is 6.20. The number of anilines is 1. The molecular formula is C15H13ClN2OS. The van der Waals surface area contributed by atoms with Crippen LogP contribution in [0.3, 0.4) is 0 Å². The number of hydrogen-bond acceptors (Lipinski definition) is 4. The molecule has 1 unspecified atom stereocenters. The summed E-state index contributed by atoms with van der Waals surface area (Å²) >= 11 is 7.73. The van der Waals surface area contributed by atoms with E-state index in [1.165, 1.54) is 10.4 Å². The van der Waals surface area contributed by atoms with Gasteiger partial charge in [-0.3, -0.25) is 0 Å². The van der Waals surface area contributed by atoms with Gasteiger partial charge in [0.25, 0.3) is 0 Å². The maximum absolute atomic E-state index is 8.93. The molecule has 20 heavy (non-hydrogen) atoms. The third-order valence-electron chi connectivity index (χ3n) is 3.51. The smallest absolute Gasteiger partial charge is 0.143 e. The van der Waals surface area contributed by atoms with Gasteiger partial charge in [0.05, 0.1) is 34.8 Å². The Kier molecular flexibility index (Phi) is 3.56. The Morgan fingerprint density at radius 2 is 2.30 bits per heavy atom. The molecule has 2 aromatic rings. The first-order chi connectivity index (χ1) is 9.71. The summed E-state index contributed by atoms with van der Waals surface area (Å²) in [5.41, 5.74) is 2.79. The highest BCUT2D eigenvalue weighted by atomic mass is 35.5. The first-order valence-corrected chi connectivity index (χ1v) is 7.53. The highest BCUT2D eigenvalue weighted by molar-refractivity contribution is 7.16. The Bertz CT molecular complexity index is 690. The van der Waals surface area contributed by atoms with Crippen LogP contribution in [0.4, 0.5) is 5.69 Å². The summed E-state index contributed by atoms with van der Waals surface area (Å²) in [7, 11) is 1.61. The zero-order chi connectivity index (χ0) is 14.1. The summed E-state index contributed by atoms with van der Waals surface area (Å²) in [5, 5.41) is 12.4. The van der Waals surface area contributed by atoms with Crippen molar-refractivity contribution in [2.45, 2.75) is 18.9 Å². The number of halogens is 1. The van der Waals surface area contributed by atoms with Crippen LogP contribution in [-0.2, 0) is 6.42 Å². The van der Waals surface area contributed by atoms with Gasteiger partial charge in [0.15, 0.2) is 0 Å². The molecule has 0 saturated heterocycles. The van der Waals surface area contributed by atoms with Crippen LogP contribution in [0.5, 0.6) is 5.75 Å². The average molecular weight is 305 g/mol. The van der Waals surface area contributed by atoms with E-state index in [0.717, 1.165) is 22.9 Å². The lowest BCUT2D eigenvalue weighted by Crippen LogP contribution is -2.07. The van der Waals surface area contributed by atoms with E-state index >= 15 is 0 Å². The summed E-state index contributed by atoms with van der Waals surface area (Å²) in [5.74, 6) is 0.693. The van der Waals surface area contributed by atoms with Crippen LogP contribution >= 0.6 is 22.9 Å². The van der Waals surface area contributed by atoms with Gasteiger partial charge in [-0.05, 0) is 36.6 Å². The van der Waals surface area contributed by atoms with Gasteiger partial charge in [-0.15, -0.1) is 11.3 Å². The predicted octanol–water partition coefficient (Wildman–Crippen LogP) is 4.38. The van der Waals surface area contributed by atoms with Gasteiger partial charge in [-0.25, -0.2) is 0 Å². The van der Waals surface area contributed by atoms with E-state index in [2.05, 4.69) is 11.4 Å². The fourth-order valence-electron chi connectivity index (χ4n) is 2.55. The molecule has 0 bridgehead atoms. The SMILES string of the molecule is COc1cc(C#N)ccc1NC1CCc2sc(Cl)cc21. The Morgan fingerprint density at radius 1 is 1.45 bits per heavy atom. The van der Waals surface area contributed by atoms with E-state index in [1.54, 1.807) is 30.6 Å². The molecule has 1 aliphatic rings. The number of nitrogens with zero attached hydrogens (tertiary/aromatic N) is 1. The van der Waals surface area contributed by atoms with Crippen LogP contribution in [0, 0.1) is 11.3 Å². The number of thiophene rings is 1. The van der Waals surface area contributed by atoms with Gasteiger partial charge in [0.1, 0.15) is 5.75 Å². The Balaban J connectivity index is 1.87. The van der Waals surface area contributed by atoms with Crippen molar-refractivity contribution in [3.63, 3.8) is 0 Å². The molecule has 0 saturated carbocycles. The molecule has 3 nitrogen and oxygen atoms in total. The number of benzene rings is 1. The minimum Gasteiger partial charge on any atom is -0.495 e. The van der Waals surface area contributed by atoms with Crippen LogP contribution in [0.1, 0.15) is 28.5 Å². The lowest BCUT2D eigenvalue weighted by molar-refractivity contribution is 0.416. The number of aryl methyl sites for hydroxylation is 1. The fraction of sp³-hybridized carbons (Fsp3) is 0.267. The minimum absolute atomic E-state index is 0.260. The van der Waals surface area contributed by atoms with Gasteiger partial charge < -0.3 is 10.1 Å². The third-order valence-corrected chi connectivity index (χ3v) is 4.85. The molecule has 102 valence electrons. The van der Waals surface area contributed by atoms with E-state index in [0.29, 0.717) is 11.3 Å². The van der Waals surface area contributed by atoms with Crippen molar-refractivity contribution in [1.29, 1.82) is 5.26 Å². The second kappa shape index (κ2) is 5.35. The maximum Gasteiger partial charge on any atom is 0.143 e. The van der Waals surface area contributed by atoms with E-state index in [-0.39, 0.29) is 6.04 Å². The quantitative estimate of drug-likeness (QED) is 0.915. The number of rotatable bonds is 3. The molecule has 0 amide bonds. The van der Waals surface area contributed by atoms with Crippen molar-refractivity contribution in [2.75, 3.05) is 12.4 Å². The highest BCUT2D eigenvalue weighted by Gasteiger charge is 2.25. The average Bonchev–Trinajstić information content (AvgIpc) is 2.99. The van der Waals surface area contributed by atoms with Gasteiger partial charge >= 0.3 is 0 Å². The molecule has 1 N–H and O–H groups in total. The molecule has 1 aliphatic carbocycles. The second-order valence-electron chi connectivity index (χ2n) is 4.69. The summed E-state index contributed by atoms with van der Waals surface area (Å²) in [6, 6.07) is 9.86. The zero-order valence-electron chi connectivity index (χ0n) is 10.9. The lowest BCUT2D eigenvalue weighted by atomic mass is 10.1. The topological polar surface area (TPSA) is 45.0 Å². The standard InChI is InChI=1S/C15H13ClN2OS/c1-19-13-6-9(8-17)2-3-12(13)18-11-4-5-14-10(11)7-15(16)20-14/h2-3,6-7,11,18H,4-5H2,1H3. The molecular weight excluding hydrogens is 292 g/mol. The molecule has 0 spiro atoms. The Morgan fingerprint density at radius 3 is 3.05 bits per heavy atom. The van der Waals surface area contributed by atoms with Crippen LogP contribution in [0.2, 0.25) is 4.34 Å². The van der Waals surface area contributed by atoms with Crippen molar-refractivity contribution in [1.82, 2.24) is 0 Å².